The zero-order valence-corrected chi connectivity index (χ0v) is 18.8. The number of hydrogen-bond acceptors (Lipinski definition) is 10. The van der Waals surface area contributed by atoms with E-state index in [2.05, 4.69) is 36.0 Å². The number of hydrogen-bond donors (Lipinski definition) is 5. The fourth-order valence-corrected chi connectivity index (χ4v) is 7.32. The number of nitrogens with one attached hydrogen (secondary N) is 2. The highest BCUT2D eigenvalue weighted by atomic mass is 32.2. The number of H-pyrrole nitrogens is 1. The predicted octanol–water partition coefficient (Wildman–Crippen LogP) is 0.158. The average molecular weight is 475 g/mol. The maximum atomic E-state index is 13.4. The van der Waals surface area contributed by atoms with Crippen LogP contribution < -0.4 is 16.2 Å². The number of anilines is 1. The van der Waals surface area contributed by atoms with E-state index in [1.807, 2.05) is 19.1 Å². The van der Waals surface area contributed by atoms with Crippen LogP contribution in [0.3, 0.4) is 0 Å². The molecule has 1 unspecified atom stereocenters. The van der Waals surface area contributed by atoms with Crippen molar-refractivity contribution in [3.05, 3.63) is 30.3 Å². The van der Waals surface area contributed by atoms with Crippen LogP contribution in [-0.4, -0.2) is 67.7 Å². The number of fused-ring (bicyclic) bond motifs is 1. The standard InChI is InChI=1S/C18H22N10O2S2/c1-2-31(20)16-13(32(29,30)10-8-21-9-10)7-6-11(15(16)17-23-26-27-24-17)12-4-3-5-14-22-18(19)25-28(12)14/h3-7,10,21,31H,2,8-9,20H2,1H3,(H2,19,25)(H,23,24,26,27). The van der Waals surface area contributed by atoms with Gasteiger partial charge < -0.3 is 11.1 Å². The number of nitrogen functional groups attached to an aromatic ring is 1. The number of pyridine rings is 1. The number of aromatic amines is 1. The van der Waals surface area contributed by atoms with Gasteiger partial charge in [-0.1, -0.05) is 19.1 Å². The summed E-state index contributed by atoms with van der Waals surface area (Å²) in [6.45, 7) is 2.75. The van der Waals surface area contributed by atoms with Crippen molar-refractivity contribution in [3.8, 4) is 22.6 Å². The van der Waals surface area contributed by atoms with Crippen LogP contribution in [-0.2, 0) is 9.84 Å². The number of nitrogens with zero attached hydrogens (tertiary/aromatic N) is 6. The second-order valence-electron chi connectivity index (χ2n) is 7.33. The van der Waals surface area contributed by atoms with Crippen LogP contribution in [0.25, 0.3) is 28.3 Å². The summed E-state index contributed by atoms with van der Waals surface area (Å²) in [4.78, 5) is 4.96. The summed E-state index contributed by atoms with van der Waals surface area (Å²) < 4.78 is 28.5. The molecule has 5 rings (SSSR count). The molecule has 1 aliphatic rings. The third-order valence-corrected chi connectivity index (χ3v) is 9.52. The molecular formula is C18H22N10O2S2. The van der Waals surface area contributed by atoms with E-state index >= 15 is 0 Å². The van der Waals surface area contributed by atoms with Gasteiger partial charge in [-0.05, 0) is 29.2 Å². The first-order chi connectivity index (χ1) is 15.4. The molecule has 0 radical (unpaired) electrons. The molecule has 12 nitrogen and oxygen atoms in total. The first kappa shape index (κ1) is 20.8. The van der Waals surface area contributed by atoms with Gasteiger partial charge in [-0.25, -0.2) is 12.9 Å². The fourth-order valence-electron chi connectivity index (χ4n) is 3.74. The van der Waals surface area contributed by atoms with Gasteiger partial charge in [0.15, 0.2) is 15.5 Å². The molecule has 0 aliphatic carbocycles. The van der Waals surface area contributed by atoms with E-state index in [9.17, 15) is 8.42 Å². The van der Waals surface area contributed by atoms with Gasteiger partial charge in [-0.2, -0.15) is 21.3 Å². The van der Waals surface area contributed by atoms with E-state index in [1.54, 1.807) is 22.7 Å². The Morgan fingerprint density at radius 3 is 2.72 bits per heavy atom. The van der Waals surface area contributed by atoms with Gasteiger partial charge in [0.1, 0.15) is 0 Å². The lowest BCUT2D eigenvalue weighted by atomic mass is 10.0. The van der Waals surface area contributed by atoms with E-state index in [0.717, 1.165) is 0 Å². The molecular weight excluding hydrogens is 452 g/mol. The van der Waals surface area contributed by atoms with Crippen molar-refractivity contribution in [2.24, 2.45) is 5.14 Å². The van der Waals surface area contributed by atoms with Crippen LogP contribution in [0, 0.1) is 0 Å². The normalized spacial score (nSPS) is 16.2. The summed E-state index contributed by atoms with van der Waals surface area (Å²) in [7, 11) is -3.61. The number of aromatic nitrogens is 7. The van der Waals surface area contributed by atoms with Crippen LogP contribution in [0.1, 0.15) is 6.92 Å². The largest absolute Gasteiger partial charge is 0.366 e. The number of sulfone groups is 1. The molecule has 0 spiro atoms. The zero-order valence-electron chi connectivity index (χ0n) is 17.1. The van der Waals surface area contributed by atoms with E-state index < -0.39 is 26.2 Å². The molecule has 1 saturated heterocycles. The van der Waals surface area contributed by atoms with E-state index in [4.69, 9.17) is 10.9 Å². The summed E-state index contributed by atoms with van der Waals surface area (Å²) in [5.41, 5.74) is 8.21. The van der Waals surface area contributed by atoms with Gasteiger partial charge in [0.25, 0.3) is 0 Å². The maximum absolute atomic E-state index is 13.4. The molecule has 4 heterocycles. The highest BCUT2D eigenvalue weighted by Crippen LogP contribution is 2.46. The summed E-state index contributed by atoms with van der Waals surface area (Å²) in [5, 5.41) is 27.9. The lowest BCUT2D eigenvalue weighted by Gasteiger charge is -2.30. The zero-order chi connectivity index (χ0) is 22.5. The quantitative estimate of drug-likeness (QED) is 0.241. The highest BCUT2D eigenvalue weighted by molar-refractivity contribution is 8.15. The number of tetrazole rings is 1. The Balaban J connectivity index is 1.86. The molecule has 1 aliphatic heterocycles. The first-order valence-electron chi connectivity index (χ1n) is 9.91. The SMILES string of the molecule is CC[SH](N)c1c(S(=O)(=O)C2CNC2)ccc(-c2cccc3nc(N)nn23)c1-c1nn[nH]n1. The lowest BCUT2D eigenvalue weighted by Crippen LogP contribution is -2.51. The molecule has 14 heteroatoms. The third-order valence-electron chi connectivity index (χ3n) is 5.48. The minimum Gasteiger partial charge on any atom is -0.366 e. The Hall–Kier alpha value is -3.07. The molecule has 0 bridgehead atoms. The second-order valence-corrected chi connectivity index (χ2v) is 11.5. The van der Waals surface area contributed by atoms with Crippen molar-refractivity contribution >= 4 is 32.5 Å². The molecule has 6 N–H and O–H groups in total. The van der Waals surface area contributed by atoms with Crippen LogP contribution >= 0.6 is 11.1 Å². The molecule has 3 aromatic heterocycles. The van der Waals surface area contributed by atoms with Crippen LogP contribution in [0.2, 0.25) is 0 Å². The molecule has 168 valence electrons. The van der Waals surface area contributed by atoms with Gasteiger partial charge >= 0.3 is 0 Å². The molecule has 1 fully saturated rings. The van der Waals surface area contributed by atoms with Crippen molar-refractivity contribution in [3.63, 3.8) is 0 Å². The molecule has 1 aromatic carbocycles. The number of thiol groups is 1. The summed E-state index contributed by atoms with van der Waals surface area (Å²) in [6.07, 6.45) is 0. The van der Waals surface area contributed by atoms with Crippen molar-refractivity contribution in [2.75, 3.05) is 24.6 Å². The van der Waals surface area contributed by atoms with Crippen molar-refractivity contribution < 1.29 is 8.42 Å². The van der Waals surface area contributed by atoms with Crippen LogP contribution in [0.15, 0.2) is 40.1 Å². The number of rotatable bonds is 6. The Kier molecular flexibility index (Phi) is 5.08. The average Bonchev–Trinajstić information content (AvgIpc) is 3.39. The summed E-state index contributed by atoms with van der Waals surface area (Å²) >= 11 is -1.33. The highest BCUT2D eigenvalue weighted by Gasteiger charge is 2.36. The lowest BCUT2D eigenvalue weighted by molar-refractivity contribution is 0.494. The van der Waals surface area contributed by atoms with E-state index in [1.165, 1.54) is 0 Å². The smallest absolute Gasteiger partial charge is 0.240 e. The van der Waals surface area contributed by atoms with Crippen LogP contribution in [0.5, 0.6) is 0 Å². The maximum Gasteiger partial charge on any atom is 0.240 e. The summed E-state index contributed by atoms with van der Waals surface area (Å²) in [6, 6.07) is 8.82. The Morgan fingerprint density at radius 2 is 2.06 bits per heavy atom. The minimum atomic E-state index is -3.61. The molecule has 0 saturated carbocycles. The van der Waals surface area contributed by atoms with E-state index in [-0.39, 0.29) is 16.7 Å². The molecule has 1 atom stereocenters. The molecule has 0 amide bonds. The topological polar surface area (TPSA) is 183 Å². The van der Waals surface area contributed by atoms with Crippen molar-refractivity contribution in [1.82, 2.24) is 40.5 Å². The summed E-state index contributed by atoms with van der Waals surface area (Å²) in [5.74, 6) is 0.968. The van der Waals surface area contributed by atoms with Gasteiger partial charge in [0.05, 0.1) is 15.8 Å². The van der Waals surface area contributed by atoms with Gasteiger partial charge in [0.2, 0.25) is 11.8 Å². The van der Waals surface area contributed by atoms with Gasteiger partial charge in [-0.3, -0.25) is 5.14 Å². The molecule has 32 heavy (non-hydrogen) atoms. The monoisotopic (exact) mass is 474 g/mol. The van der Waals surface area contributed by atoms with Gasteiger partial charge in [-0.15, -0.1) is 15.3 Å². The Morgan fingerprint density at radius 1 is 1.25 bits per heavy atom. The third kappa shape index (κ3) is 3.23. The Labute approximate surface area is 186 Å². The van der Waals surface area contributed by atoms with E-state index in [0.29, 0.717) is 46.2 Å². The number of benzene rings is 1. The van der Waals surface area contributed by atoms with Gasteiger partial charge in [0, 0.05) is 29.1 Å². The first-order valence-corrected chi connectivity index (χ1v) is 13.1. The number of nitrogens with two attached hydrogens (primary N) is 2. The molecule has 4 aromatic rings. The van der Waals surface area contributed by atoms with Crippen molar-refractivity contribution in [2.45, 2.75) is 22.0 Å². The predicted molar refractivity (Wildman–Crippen MR) is 122 cm³/mol. The fraction of sp³-hybridized carbons (Fsp3) is 0.278. The van der Waals surface area contributed by atoms with Crippen molar-refractivity contribution in [1.29, 1.82) is 0 Å². The second kappa shape index (κ2) is 7.81. The minimum absolute atomic E-state index is 0.130. The Bertz CT molecular complexity index is 1400. The van der Waals surface area contributed by atoms with Crippen LogP contribution in [0.4, 0.5) is 5.95 Å².